The summed E-state index contributed by atoms with van der Waals surface area (Å²) in [6.45, 7) is 2.20. The minimum absolute atomic E-state index is 0.172. The predicted molar refractivity (Wildman–Crippen MR) is 131 cm³/mol. The maximum Gasteiger partial charge on any atom is 0.231 e. The molecule has 1 saturated carbocycles. The Balaban J connectivity index is 1.32. The van der Waals surface area contributed by atoms with Crippen LogP contribution in [0.1, 0.15) is 43.7 Å². The third-order valence-electron chi connectivity index (χ3n) is 6.81. The minimum Gasteiger partial charge on any atom is -0.454 e. The van der Waals surface area contributed by atoms with Gasteiger partial charge in [-0.05, 0) is 65.8 Å². The molecule has 0 radical (unpaired) electrons. The second-order valence-electron chi connectivity index (χ2n) is 9.15. The Morgan fingerprint density at radius 3 is 2.41 bits per heavy atom. The van der Waals surface area contributed by atoms with Gasteiger partial charge < -0.3 is 9.47 Å². The number of fused-ring (bicyclic) bond motifs is 1. The lowest BCUT2D eigenvalue weighted by Crippen LogP contribution is -2.22. The molecule has 0 amide bonds. The van der Waals surface area contributed by atoms with Crippen molar-refractivity contribution in [3.63, 3.8) is 0 Å². The van der Waals surface area contributed by atoms with Crippen LogP contribution >= 0.6 is 0 Å². The molecule has 6 heteroatoms. The monoisotopic (exact) mass is 476 g/mol. The van der Waals surface area contributed by atoms with Crippen molar-refractivity contribution in [1.82, 2.24) is 0 Å². The number of rotatable bonds is 9. The average molecular weight is 477 g/mol. The van der Waals surface area contributed by atoms with Gasteiger partial charge in [-0.1, -0.05) is 55.8 Å². The van der Waals surface area contributed by atoms with E-state index in [1.165, 1.54) is 0 Å². The molecule has 5 rings (SSSR count). The van der Waals surface area contributed by atoms with Crippen LogP contribution in [-0.4, -0.2) is 26.7 Å². The van der Waals surface area contributed by atoms with Crippen molar-refractivity contribution < 1.29 is 22.7 Å². The first-order valence-corrected chi connectivity index (χ1v) is 13.4. The third-order valence-corrected chi connectivity index (χ3v) is 8.63. The van der Waals surface area contributed by atoms with Crippen LogP contribution in [0.4, 0.5) is 0 Å². The summed E-state index contributed by atoms with van der Waals surface area (Å²) < 4.78 is 35.8. The highest BCUT2D eigenvalue weighted by atomic mass is 32.2. The SMILES string of the molecule is CCCCS(=O)(=O)c1ccc(-c2cccc(CC(=O)C3(c4ccc5c(c4)OCO5)CC3)c2)cc1. The molecule has 0 saturated heterocycles. The molecule has 0 N–H and O–H groups in total. The molecule has 0 unspecified atom stereocenters. The van der Waals surface area contributed by atoms with Crippen LogP contribution < -0.4 is 9.47 Å². The van der Waals surface area contributed by atoms with E-state index in [1.54, 1.807) is 12.1 Å². The maximum absolute atomic E-state index is 13.3. The first-order chi connectivity index (χ1) is 16.4. The molecule has 5 nitrogen and oxygen atoms in total. The summed E-state index contributed by atoms with van der Waals surface area (Å²) in [5.41, 5.74) is 3.41. The van der Waals surface area contributed by atoms with Gasteiger partial charge in [0.05, 0.1) is 16.1 Å². The molecular weight excluding hydrogens is 448 g/mol. The summed E-state index contributed by atoms with van der Waals surface area (Å²) in [6.07, 6.45) is 3.55. The van der Waals surface area contributed by atoms with E-state index < -0.39 is 15.3 Å². The van der Waals surface area contributed by atoms with Crippen LogP contribution in [0.2, 0.25) is 0 Å². The zero-order valence-corrected chi connectivity index (χ0v) is 20.1. The Hall–Kier alpha value is -3.12. The van der Waals surface area contributed by atoms with E-state index in [-0.39, 0.29) is 18.3 Å². The van der Waals surface area contributed by atoms with Crippen LogP contribution in [0.5, 0.6) is 11.5 Å². The first-order valence-electron chi connectivity index (χ1n) is 11.8. The molecule has 2 aliphatic rings. The van der Waals surface area contributed by atoms with Crippen LogP contribution in [0.3, 0.4) is 0 Å². The lowest BCUT2D eigenvalue weighted by atomic mass is 9.87. The fraction of sp³-hybridized carbons (Fsp3) is 0.321. The van der Waals surface area contributed by atoms with Crippen LogP contribution in [-0.2, 0) is 26.5 Å². The first kappa shape index (κ1) is 22.7. The van der Waals surface area contributed by atoms with Gasteiger partial charge in [0.25, 0.3) is 0 Å². The summed E-state index contributed by atoms with van der Waals surface area (Å²) >= 11 is 0. The Morgan fingerprint density at radius 2 is 1.68 bits per heavy atom. The van der Waals surface area contributed by atoms with Crippen molar-refractivity contribution >= 4 is 15.6 Å². The van der Waals surface area contributed by atoms with Gasteiger partial charge in [0.1, 0.15) is 5.78 Å². The molecule has 0 atom stereocenters. The van der Waals surface area contributed by atoms with Crippen molar-refractivity contribution in [2.75, 3.05) is 12.5 Å². The normalized spacial score (nSPS) is 15.8. The quantitative estimate of drug-likeness (QED) is 0.408. The van der Waals surface area contributed by atoms with Gasteiger partial charge in [0, 0.05) is 6.42 Å². The summed E-state index contributed by atoms with van der Waals surface area (Å²) in [4.78, 5) is 13.7. The summed E-state index contributed by atoms with van der Waals surface area (Å²) in [5, 5.41) is 0. The molecule has 34 heavy (non-hydrogen) atoms. The summed E-state index contributed by atoms with van der Waals surface area (Å²) in [5.74, 6) is 1.81. The van der Waals surface area contributed by atoms with Crippen molar-refractivity contribution in [3.8, 4) is 22.6 Å². The minimum atomic E-state index is -3.25. The molecule has 3 aromatic rings. The fourth-order valence-electron chi connectivity index (χ4n) is 4.57. The molecular formula is C28H28O5S. The number of carbonyl (C=O) groups is 1. The standard InChI is InChI=1S/C28H28O5S/c1-2-3-15-34(30,31)24-10-7-21(8-11-24)22-6-4-5-20(16-22)17-27(29)28(13-14-28)23-9-12-25-26(18-23)33-19-32-25/h4-12,16,18H,2-3,13-15,17,19H2,1H3. The Labute approximate surface area is 200 Å². The highest BCUT2D eigenvalue weighted by Gasteiger charge is 2.50. The molecule has 1 heterocycles. The fourth-order valence-corrected chi connectivity index (χ4v) is 6.03. The van der Waals surface area contributed by atoms with E-state index in [9.17, 15) is 13.2 Å². The van der Waals surface area contributed by atoms with Crippen molar-refractivity contribution in [1.29, 1.82) is 0 Å². The lowest BCUT2D eigenvalue weighted by molar-refractivity contribution is -0.120. The van der Waals surface area contributed by atoms with Gasteiger partial charge in [0.15, 0.2) is 21.3 Å². The largest absolute Gasteiger partial charge is 0.454 e. The molecule has 1 fully saturated rings. The van der Waals surface area contributed by atoms with E-state index in [2.05, 4.69) is 0 Å². The molecule has 0 spiro atoms. The van der Waals surface area contributed by atoms with Crippen LogP contribution in [0.25, 0.3) is 11.1 Å². The Bertz CT molecular complexity index is 1320. The number of ketones is 1. The van der Waals surface area contributed by atoms with Crippen molar-refractivity contribution in [3.05, 3.63) is 77.9 Å². The average Bonchev–Trinajstić information content (AvgIpc) is 3.54. The number of Topliss-reactive ketones (excluding diaryl/α,β-unsaturated/α-hetero) is 1. The van der Waals surface area contributed by atoms with Gasteiger partial charge >= 0.3 is 0 Å². The zero-order chi connectivity index (χ0) is 23.8. The van der Waals surface area contributed by atoms with Gasteiger partial charge in [-0.3, -0.25) is 4.79 Å². The van der Waals surface area contributed by atoms with Gasteiger partial charge in [-0.25, -0.2) is 8.42 Å². The summed E-state index contributed by atoms with van der Waals surface area (Å²) in [6, 6.07) is 20.8. The van der Waals surface area contributed by atoms with Gasteiger partial charge in [0.2, 0.25) is 6.79 Å². The molecule has 3 aromatic carbocycles. The number of benzene rings is 3. The highest BCUT2D eigenvalue weighted by Crippen LogP contribution is 2.51. The van der Waals surface area contributed by atoms with Crippen molar-refractivity contribution in [2.45, 2.75) is 49.3 Å². The molecule has 0 bridgehead atoms. The second-order valence-corrected chi connectivity index (χ2v) is 11.3. The van der Waals surface area contributed by atoms with E-state index in [4.69, 9.17) is 9.47 Å². The summed E-state index contributed by atoms with van der Waals surface area (Å²) in [7, 11) is -3.25. The molecule has 0 aromatic heterocycles. The highest BCUT2D eigenvalue weighted by molar-refractivity contribution is 7.91. The second kappa shape index (κ2) is 8.91. The number of hydrogen-bond donors (Lipinski definition) is 0. The lowest BCUT2D eigenvalue weighted by Gasteiger charge is -2.15. The van der Waals surface area contributed by atoms with E-state index in [0.29, 0.717) is 23.5 Å². The number of hydrogen-bond acceptors (Lipinski definition) is 5. The van der Waals surface area contributed by atoms with E-state index in [1.807, 2.05) is 61.5 Å². The Kier molecular flexibility index (Phi) is 5.94. The number of sulfone groups is 1. The van der Waals surface area contributed by atoms with E-state index >= 15 is 0 Å². The number of carbonyl (C=O) groups excluding carboxylic acids is 1. The zero-order valence-electron chi connectivity index (χ0n) is 19.3. The predicted octanol–water partition coefficient (Wildman–Crippen LogP) is 5.50. The van der Waals surface area contributed by atoms with E-state index in [0.717, 1.165) is 47.3 Å². The van der Waals surface area contributed by atoms with Crippen molar-refractivity contribution in [2.24, 2.45) is 0 Å². The molecule has 176 valence electrons. The Morgan fingerprint density at radius 1 is 0.912 bits per heavy atom. The van der Waals surface area contributed by atoms with Crippen LogP contribution in [0, 0.1) is 0 Å². The van der Waals surface area contributed by atoms with Crippen LogP contribution in [0.15, 0.2) is 71.6 Å². The third kappa shape index (κ3) is 4.34. The van der Waals surface area contributed by atoms with Gasteiger partial charge in [-0.15, -0.1) is 0 Å². The topological polar surface area (TPSA) is 69.7 Å². The molecule has 1 aliphatic heterocycles. The molecule has 1 aliphatic carbocycles. The smallest absolute Gasteiger partial charge is 0.231 e. The number of ether oxygens (including phenoxy) is 2. The number of unbranched alkanes of at least 4 members (excludes halogenated alkanes) is 1. The van der Waals surface area contributed by atoms with Gasteiger partial charge in [-0.2, -0.15) is 0 Å². The maximum atomic E-state index is 13.3.